The molecule has 0 fully saturated rings. The number of benzene rings is 1. The first-order chi connectivity index (χ1) is 9.22. The van der Waals surface area contributed by atoms with Crippen molar-refractivity contribution in [3.63, 3.8) is 0 Å². The second-order valence-corrected chi connectivity index (χ2v) is 4.48. The summed E-state index contributed by atoms with van der Waals surface area (Å²) in [5.74, 6) is -0.00875. The molecule has 4 nitrogen and oxygen atoms in total. The van der Waals surface area contributed by atoms with Gasteiger partial charge >= 0.3 is 0 Å². The lowest BCUT2D eigenvalue weighted by molar-refractivity contribution is 0.0719. The van der Waals surface area contributed by atoms with Crippen molar-refractivity contribution in [3.05, 3.63) is 29.8 Å². The lowest BCUT2D eigenvalue weighted by Crippen LogP contribution is -2.34. The average molecular weight is 264 g/mol. The van der Waals surface area contributed by atoms with Crippen molar-refractivity contribution in [1.29, 1.82) is 0 Å². The first-order valence-corrected chi connectivity index (χ1v) is 6.97. The predicted molar refractivity (Wildman–Crippen MR) is 78.5 cm³/mol. The SMILES string of the molecule is CCCCN(CCO)C(=O)c1ccc(NCC)cc1. The lowest BCUT2D eigenvalue weighted by Gasteiger charge is -2.21. The molecular weight excluding hydrogens is 240 g/mol. The summed E-state index contributed by atoms with van der Waals surface area (Å²) in [5.41, 5.74) is 1.69. The molecule has 0 aliphatic heterocycles. The molecule has 2 N–H and O–H groups in total. The maximum Gasteiger partial charge on any atom is 0.253 e. The van der Waals surface area contributed by atoms with Crippen LogP contribution in [0.3, 0.4) is 0 Å². The molecule has 0 bridgehead atoms. The number of carbonyl (C=O) groups excluding carboxylic acids is 1. The number of hydrogen-bond acceptors (Lipinski definition) is 3. The van der Waals surface area contributed by atoms with Crippen LogP contribution < -0.4 is 5.32 Å². The van der Waals surface area contributed by atoms with Gasteiger partial charge in [0.05, 0.1) is 6.61 Å². The molecule has 0 unspecified atom stereocenters. The fourth-order valence-corrected chi connectivity index (χ4v) is 1.90. The number of aliphatic hydroxyl groups excluding tert-OH is 1. The Labute approximate surface area is 115 Å². The summed E-state index contributed by atoms with van der Waals surface area (Å²) < 4.78 is 0. The Hall–Kier alpha value is -1.55. The van der Waals surface area contributed by atoms with Crippen LogP contribution in [-0.4, -0.2) is 42.2 Å². The molecule has 0 heterocycles. The molecule has 1 rings (SSSR count). The van der Waals surface area contributed by atoms with Gasteiger partial charge in [-0.15, -0.1) is 0 Å². The molecule has 0 aliphatic rings. The highest BCUT2D eigenvalue weighted by atomic mass is 16.3. The van der Waals surface area contributed by atoms with Gasteiger partial charge in [-0.1, -0.05) is 13.3 Å². The van der Waals surface area contributed by atoms with E-state index in [-0.39, 0.29) is 12.5 Å². The van der Waals surface area contributed by atoms with Crippen molar-refractivity contribution >= 4 is 11.6 Å². The van der Waals surface area contributed by atoms with Crippen LogP contribution in [0, 0.1) is 0 Å². The van der Waals surface area contributed by atoms with E-state index in [0.717, 1.165) is 25.1 Å². The third-order valence-electron chi connectivity index (χ3n) is 2.95. The fraction of sp³-hybridized carbons (Fsp3) is 0.533. The Bertz CT molecular complexity index is 376. The highest BCUT2D eigenvalue weighted by Gasteiger charge is 2.14. The van der Waals surface area contributed by atoms with Crippen molar-refractivity contribution in [2.45, 2.75) is 26.7 Å². The number of nitrogens with one attached hydrogen (secondary N) is 1. The Morgan fingerprint density at radius 2 is 1.89 bits per heavy atom. The molecule has 0 aliphatic carbocycles. The highest BCUT2D eigenvalue weighted by molar-refractivity contribution is 5.94. The van der Waals surface area contributed by atoms with Gasteiger partial charge in [0.1, 0.15) is 0 Å². The summed E-state index contributed by atoms with van der Waals surface area (Å²) in [6, 6.07) is 7.48. The van der Waals surface area contributed by atoms with Crippen molar-refractivity contribution < 1.29 is 9.90 Å². The molecule has 0 saturated heterocycles. The zero-order chi connectivity index (χ0) is 14.1. The van der Waals surface area contributed by atoms with E-state index in [4.69, 9.17) is 5.11 Å². The van der Waals surface area contributed by atoms with E-state index in [1.807, 2.05) is 31.2 Å². The third kappa shape index (κ3) is 4.91. The van der Waals surface area contributed by atoms with Gasteiger partial charge in [-0.25, -0.2) is 0 Å². The molecule has 0 atom stereocenters. The van der Waals surface area contributed by atoms with Crippen molar-refractivity contribution in [1.82, 2.24) is 4.90 Å². The first-order valence-electron chi connectivity index (χ1n) is 6.97. The Morgan fingerprint density at radius 1 is 1.21 bits per heavy atom. The maximum absolute atomic E-state index is 12.3. The fourth-order valence-electron chi connectivity index (χ4n) is 1.90. The second-order valence-electron chi connectivity index (χ2n) is 4.48. The predicted octanol–water partition coefficient (Wildman–Crippen LogP) is 2.35. The highest BCUT2D eigenvalue weighted by Crippen LogP contribution is 2.12. The summed E-state index contributed by atoms with van der Waals surface area (Å²) in [5, 5.41) is 12.2. The van der Waals surface area contributed by atoms with Crippen LogP contribution in [0.25, 0.3) is 0 Å². The molecule has 19 heavy (non-hydrogen) atoms. The quantitative estimate of drug-likeness (QED) is 0.758. The third-order valence-corrected chi connectivity index (χ3v) is 2.95. The number of nitrogens with zero attached hydrogens (tertiary/aromatic N) is 1. The normalized spacial score (nSPS) is 10.3. The number of carbonyl (C=O) groups is 1. The Kier molecular flexibility index (Phi) is 6.97. The smallest absolute Gasteiger partial charge is 0.253 e. The molecule has 106 valence electrons. The van der Waals surface area contributed by atoms with Crippen LogP contribution >= 0.6 is 0 Å². The van der Waals surface area contributed by atoms with Crippen LogP contribution in [0.2, 0.25) is 0 Å². The van der Waals surface area contributed by atoms with Gasteiger partial charge in [0, 0.05) is 30.9 Å². The number of hydrogen-bond donors (Lipinski definition) is 2. The van der Waals surface area contributed by atoms with E-state index in [2.05, 4.69) is 12.2 Å². The zero-order valence-electron chi connectivity index (χ0n) is 11.9. The number of unbranched alkanes of at least 4 members (excludes halogenated alkanes) is 1. The van der Waals surface area contributed by atoms with Crippen LogP contribution in [-0.2, 0) is 0 Å². The Morgan fingerprint density at radius 3 is 2.42 bits per heavy atom. The molecule has 1 aromatic rings. The van der Waals surface area contributed by atoms with Gasteiger partial charge in [-0.2, -0.15) is 0 Å². The van der Waals surface area contributed by atoms with Crippen LogP contribution in [0.1, 0.15) is 37.0 Å². The number of rotatable bonds is 8. The minimum absolute atomic E-state index is 0.00489. The van der Waals surface area contributed by atoms with Gasteiger partial charge in [0.15, 0.2) is 0 Å². The van der Waals surface area contributed by atoms with E-state index in [1.165, 1.54) is 0 Å². The first kappa shape index (κ1) is 15.5. The minimum atomic E-state index is -0.00875. The van der Waals surface area contributed by atoms with Gasteiger partial charge in [0.25, 0.3) is 5.91 Å². The molecule has 0 saturated carbocycles. The zero-order valence-corrected chi connectivity index (χ0v) is 11.9. The number of anilines is 1. The standard InChI is InChI=1S/C15H24N2O2/c1-3-5-10-17(11-12-18)15(19)13-6-8-14(9-7-13)16-4-2/h6-9,16,18H,3-5,10-12H2,1-2H3. The van der Waals surface area contributed by atoms with Gasteiger partial charge in [0.2, 0.25) is 0 Å². The van der Waals surface area contributed by atoms with E-state index >= 15 is 0 Å². The number of aliphatic hydroxyl groups is 1. The monoisotopic (exact) mass is 264 g/mol. The molecule has 1 aromatic carbocycles. The number of amides is 1. The second kappa shape index (κ2) is 8.53. The van der Waals surface area contributed by atoms with Crippen molar-refractivity contribution in [2.24, 2.45) is 0 Å². The maximum atomic E-state index is 12.3. The topological polar surface area (TPSA) is 52.6 Å². The summed E-state index contributed by atoms with van der Waals surface area (Å²) in [6.45, 7) is 6.09. The summed E-state index contributed by atoms with van der Waals surface area (Å²) in [6.07, 6.45) is 2.00. The van der Waals surface area contributed by atoms with Gasteiger partial charge < -0.3 is 15.3 Å². The van der Waals surface area contributed by atoms with Crippen LogP contribution in [0.5, 0.6) is 0 Å². The molecule has 0 aromatic heterocycles. The van der Waals surface area contributed by atoms with E-state index in [0.29, 0.717) is 18.7 Å². The van der Waals surface area contributed by atoms with Crippen LogP contribution in [0.4, 0.5) is 5.69 Å². The summed E-state index contributed by atoms with van der Waals surface area (Å²) in [7, 11) is 0. The molecule has 4 heteroatoms. The van der Waals surface area contributed by atoms with Crippen molar-refractivity contribution in [3.8, 4) is 0 Å². The Balaban J connectivity index is 2.71. The largest absolute Gasteiger partial charge is 0.395 e. The molecule has 1 amide bonds. The van der Waals surface area contributed by atoms with Crippen LogP contribution in [0.15, 0.2) is 24.3 Å². The summed E-state index contributed by atoms with van der Waals surface area (Å²) in [4.78, 5) is 14.0. The van der Waals surface area contributed by atoms with E-state index in [9.17, 15) is 4.79 Å². The van der Waals surface area contributed by atoms with Gasteiger partial charge in [-0.3, -0.25) is 4.79 Å². The molecule has 0 spiro atoms. The summed E-state index contributed by atoms with van der Waals surface area (Å²) >= 11 is 0. The average Bonchev–Trinajstić information content (AvgIpc) is 2.44. The van der Waals surface area contributed by atoms with E-state index in [1.54, 1.807) is 4.90 Å². The lowest BCUT2D eigenvalue weighted by atomic mass is 10.1. The van der Waals surface area contributed by atoms with Gasteiger partial charge in [-0.05, 0) is 37.6 Å². The van der Waals surface area contributed by atoms with E-state index < -0.39 is 0 Å². The minimum Gasteiger partial charge on any atom is -0.395 e. The molecular formula is C15H24N2O2. The molecule has 0 radical (unpaired) electrons. The van der Waals surface area contributed by atoms with Crippen molar-refractivity contribution in [2.75, 3.05) is 31.6 Å².